The summed E-state index contributed by atoms with van der Waals surface area (Å²) in [6, 6.07) is 0. The molecule has 0 N–H and O–H groups in total. The van der Waals surface area contributed by atoms with Crippen LogP contribution in [0.5, 0.6) is 0 Å². The highest BCUT2D eigenvalue weighted by Crippen LogP contribution is 2.18. The Balaban J connectivity index is 2.13. The van der Waals surface area contributed by atoms with Crippen molar-refractivity contribution in [3.63, 3.8) is 0 Å². The van der Waals surface area contributed by atoms with E-state index in [0.717, 1.165) is 6.42 Å². The highest BCUT2D eigenvalue weighted by Gasteiger charge is 2.10. The van der Waals surface area contributed by atoms with Crippen LogP contribution in [0.15, 0.2) is 0 Å². The van der Waals surface area contributed by atoms with Gasteiger partial charge in [0.25, 0.3) is 0 Å². The molecule has 1 aliphatic rings. The minimum Gasteiger partial charge on any atom is -0.381 e. The first-order valence-corrected chi connectivity index (χ1v) is 3.28. The number of methoxy groups -OCH3 is 1. The smallest absolute Gasteiger partial charge is 0.0574 e. The van der Waals surface area contributed by atoms with Crippen molar-refractivity contribution < 1.29 is 4.74 Å². The minimum atomic E-state index is 0.531. The molecule has 0 amide bonds. The van der Waals surface area contributed by atoms with Crippen LogP contribution in [0, 0.1) is 6.42 Å². The molecular formula is C7H13O. The fourth-order valence-electron chi connectivity index (χ4n) is 1.13. The van der Waals surface area contributed by atoms with Crippen molar-refractivity contribution in [3.05, 3.63) is 6.42 Å². The number of hydrogen-bond donors (Lipinski definition) is 0. The van der Waals surface area contributed by atoms with Crippen LogP contribution in [0.3, 0.4) is 0 Å². The standard InChI is InChI=1S/C7H13O/c1-8-7-5-3-2-4-6-7/h3,7H,2,4-6H2,1H3/t7-/m1/s1. The van der Waals surface area contributed by atoms with Gasteiger partial charge in [0.2, 0.25) is 0 Å². The molecule has 0 bridgehead atoms. The molecule has 0 aromatic rings. The van der Waals surface area contributed by atoms with E-state index in [1.807, 2.05) is 0 Å². The predicted molar refractivity (Wildman–Crippen MR) is 33.6 cm³/mol. The molecule has 0 unspecified atom stereocenters. The van der Waals surface area contributed by atoms with Crippen LogP contribution < -0.4 is 0 Å². The van der Waals surface area contributed by atoms with E-state index in [9.17, 15) is 0 Å². The summed E-state index contributed by atoms with van der Waals surface area (Å²) in [5, 5.41) is 0. The summed E-state index contributed by atoms with van der Waals surface area (Å²) < 4.78 is 5.16. The second kappa shape index (κ2) is 3.08. The molecule has 0 aromatic carbocycles. The lowest BCUT2D eigenvalue weighted by Gasteiger charge is -2.18. The Kier molecular flexibility index (Phi) is 2.34. The molecule has 1 saturated carbocycles. The summed E-state index contributed by atoms with van der Waals surface area (Å²) in [4.78, 5) is 0. The van der Waals surface area contributed by atoms with E-state index in [4.69, 9.17) is 4.74 Å². The molecule has 1 nitrogen and oxygen atoms in total. The second-order valence-corrected chi connectivity index (χ2v) is 2.31. The van der Waals surface area contributed by atoms with Gasteiger partial charge in [-0.2, -0.15) is 0 Å². The predicted octanol–water partition coefficient (Wildman–Crippen LogP) is 1.78. The summed E-state index contributed by atoms with van der Waals surface area (Å²) >= 11 is 0. The van der Waals surface area contributed by atoms with Gasteiger partial charge in [0.15, 0.2) is 0 Å². The van der Waals surface area contributed by atoms with Gasteiger partial charge in [-0.3, -0.25) is 0 Å². The summed E-state index contributed by atoms with van der Waals surface area (Å²) in [6.07, 6.45) is 7.88. The first kappa shape index (κ1) is 6.09. The van der Waals surface area contributed by atoms with Crippen LogP contribution in [0.25, 0.3) is 0 Å². The van der Waals surface area contributed by atoms with Gasteiger partial charge in [0, 0.05) is 7.11 Å². The van der Waals surface area contributed by atoms with Crippen molar-refractivity contribution in [1.82, 2.24) is 0 Å². The molecule has 8 heavy (non-hydrogen) atoms. The Morgan fingerprint density at radius 1 is 1.62 bits per heavy atom. The lowest BCUT2D eigenvalue weighted by Crippen LogP contribution is -2.14. The van der Waals surface area contributed by atoms with Crippen LogP contribution in [-0.4, -0.2) is 13.2 Å². The van der Waals surface area contributed by atoms with Crippen molar-refractivity contribution in [2.24, 2.45) is 0 Å². The third-order valence-corrected chi connectivity index (χ3v) is 1.70. The van der Waals surface area contributed by atoms with Gasteiger partial charge in [0.05, 0.1) is 6.10 Å². The maximum Gasteiger partial charge on any atom is 0.0574 e. The van der Waals surface area contributed by atoms with Crippen LogP contribution in [-0.2, 0) is 4.74 Å². The van der Waals surface area contributed by atoms with Crippen molar-refractivity contribution in [3.8, 4) is 0 Å². The molecule has 1 atom stereocenters. The van der Waals surface area contributed by atoms with E-state index in [-0.39, 0.29) is 0 Å². The summed E-state index contributed by atoms with van der Waals surface area (Å²) in [6.45, 7) is 0. The fourth-order valence-corrected chi connectivity index (χ4v) is 1.13. The molecule has 0 spiro atoms. The Labute approximate surface area is 51.0 Å². The lowest BCUT2D eigenvalue weighted by molar-refractivity contribution is 0.0836. The fraction of sp³-hybridized carbons (Fsp3) is 0.857. The van der Waals surface area contributed by atoms with Gasteiger partial charge >= 0.3 is 0 Å². The third kappa shape index (κ3) is 1.48. The first-order valence-electron chi connectivity index (χ1n) is 3.28. The number of rotatable bonds is 1. The molecular weight excluding hydrogens is 100 g/mol. The summed E-state index contributed by atoms with van der Waals surface area (Å²) in [5.41, 5.74) is 0. The Bertz CT molecular complexity index is 55.4. The topological polar surface area (TPSA) is 9.23 Å². The van der Waals surface area contributed by atoms with E-state index < -0.39 is 0 Å². The van der Waals surface area contributed by atoms with Crippen molar-refractivity contribution in [2.45, 2.75) is 31.8 Å². The quantitative estimate of drug-likeness (QED) is 0.503. The first-order chi connectivity index (χ1) is 3.93. The Hall–Kier alpha value is -0.0400. The van der Waals surface area contributed by atoms with Gasteiger partial charge in [-0.25, -0.2) is 0 Å². The van der Waals surface area contributed by atoms with Gasteiger partial charge < -0.3 is 4.74 Å². The maximum atomic E-state index is 5.16. The average Bonchev–Trinajstić information content (AvgIpc) is 1.90. The summed E-state index contributed by atoms with van der Waals surface area (Å²) in [7, 11) is 1.80. The van der Waals surface area contributed by atoms with E-state index in [1.54, 1.807) is 7.11 Å². The minimum absolute atomic E-state index is 0.531. The largest absolute Gasteiger partial charge is 0.381 e. The lowest BCUT2D eigenvalue weighted by atomic mass is 9.98. The highest BCUT2D eigenvalue weighted by atomic mass is 16.5. The van der Waals surface area contributed by atoms with Gasteiger partial charge in [-0.15, -0.1) is 0 Å². The number of ether oxygens (including phenoxy) is 1. The number of hydrogen-bond acceptors (Lipinski definition) is 1. The van der Waals surface area contributed by atoms with Crippen LogP contribution in [0.1, 0.15) is 25.7 Å². The summed E-state index contributed by atoms with van der Waals surface area (Å²) in [5.74, 6) is 0. The zero-order chi connectivity index (χ0) is 5.82. The normalized spacial score (nSPS) is 23.6. The maximum absolute atomic E-state index is 5.16. The molecule has 0 aliphatic heterocycles. The van der Waals surface area contributed by atoms with Crippen LogP contribution in [0.4, 0.5) is 0 Å². The zero-order valence-electron chi connectivity index (χ0n) is 5.39. The van der Waals surface area contributed by atoms with Crippen molar-refractivity contribution in [1.29, 1.82) is 0 Å². The van der Waals surface area contributed by atoms with Gasteiger partial charge in [-0.1, -0.05) is 6.42 Å². The average molecular weight is 113 g/mol. The van der Waals surface area contributed by atoms with Crippen LogP contribution in [0.2, 0.25) is 0 Å². The Morgan fingerprint density at radius 3 is 2.88 bits per heavy atom. The monoisotopic (exact) mass is 113 g/mol. The molecule has 1 radical (unpaired) electrons. The van der Waals surface area contributed by atoms with Crippen molar-refractivity contribution in [2.75, 3.05) is 7.11 Å². The molecule has 0 saturated heterocycles. The van der Waals surface area contributed by atoms with Gasteiger partial charge in [-0.05, 0) is 25.7 Å². The zero-order valence-corrected chi connectivity index (χ0v) is 5.39. The molecule has 1 fully saturated rings. The van der Waals surface area contributed by atoms with E-state index in [1.165, 1.54) is 19.3 Å². The van der Waals surface area contributed by atoms with E-state index >= 15 is 0 Å². The Morgan fingerprint density at radius 2 is 2.50 bits per heavy atom. The molecule has 0 aromatic heterocycles. The molecule has 1 rings (SSSR count). The molecule has 0 heterocycles. The second-order valence-electron chi connectivity index (χ2n) is 2.31. The SMILES string of the molecule is CO[C@@H]1C[CH]CCC1. The molecule has 47 valence electrons. The van der Waals surface area contributed by atoms with Gasteiger partial charge in [0.1, 0.15) is 0 Å². The molecule has 1 aliphatic carbocycles. The molecule has 1 heteroatoms. The third-order valence-electron chi connectivity index (χ3n) is 1.70. The van der Waals surface area contributed by atoms with Crippen LogP contribution >= 0.6 is 0 Å². The van der Waals surface area contributed by atoms with E-state index in [2.05, 4.69) is 6.42 Å². The highest BCUT2D eigenvalue weighted by molar-refractivity contribution is 4.77. The van der Waals surface area contributed by atoms with Crippen molar-refractivity contribution >= 4 is 0 Å². The van der Waals surface area contributed by atoms with E-state index in [0.29, 0.717) is 6.10 Å².